The highest BCUT2D eigenvalue weighted by Gasteiger charge is 2.39. The van der Waals surface area contributed by atoms with Crippen molar-refractivity contribution in [3.05, 3.63) is 12.7 Å². The number of rotatable bonds is 2. The molecule has 0 aliphatic carbocycles. The lowest BCUT2D eigenvalue weighted by Crippen LogP contribution is -2.49. The smallest absolute Gasteiger partial charge is 0.235 e. The van der Waals surface area contributed by atoms with Crippen molar-refractivity contribution in [2.24, 2.45) is 5.41 Å². The predicted octanol–water partition coefficient (Wildman–Crippen LogP) is 1.35. The van der Waals surface area contributed by atoms with Gasteiger partial charge in [0, 0.05) is 18.4 Å². The van der Waals surface area contributed by atoms with Crippen LogP contribution in [-0.2, 0) is 9.59 Å². The third kappa shape index (κ3) is 1.79. The number of imide groups is 1. The lowest BCUT2D eigenvalue weighted by Gasteiger charge is -2.34. The van der Waals surface area contributed by atoms with Crippen molar-refractivity contribution in [2.75, 3.05) is 6.54 Å². The highest BCUT2D eigenvalue weighted by Crippen LogP contribution is 2.30. The molecule has 3 heteroatoms. The van der Waals surface area contributed by atoms with Gasteiger partial charge in [-0.3, -0.25) is 14.5 Å². The molecule has 72 valence electrons. The van der Waals surface area contributed by atoms with Crippen LogP contribution in [0.1, 0.15) is 26.7 Å². The standard InChI is InChI=1S/C10H15NO2/c1-4-7-11-8(12)5-6-10(2,3)9(11)13/h4H,1,5-7H2,2-3H3. The maximum Gasteiger partial charge on any atom is 0.235 e. The minimum absolute atomic E-state index is 0.0794. The lowest BCUT2D eigenvalue weighted by atomic mass is 9.83. The van der Waals surface area contributed by atoms with Crippen LogP contribution in [0.3, 0.4) is 0 Å². The van der Waals surface area contributed by atoms with Crippen LogP contribution in [0.5, 0.6) is 0 Å². The Kier molecular flexibility index (Phi) is 2.55. The van der Waals surface area contributed by atoms with Crippen LogP contribution < -0.4 is 0 Å². The SMILES string of the molecule is C=CCN1C(=O)CCC(C)(C)C1=O. The van der Waals surface area contributed by atoms with E-state index in [9.17, 15) is 9.59 Å². The van der Waals surface area contributed by atoms with Crippen molar-refractivity contribution >= 4 is 11.8 Å². The van der Waals surface area contributed by atoms with Crippen molar-refractivity contribution in [1.29, 1.82) is 0 Å². The van der Waals surface area contributed by atoms with Gasteiger partial charge in [0.25, 0.3) is 0 Å². The first kappa shape index (κ1) is 9.96. The minimum atomic E-state index is -0.392. The Bertz CT molecular complexity index is 256. The average Bonchev–Trinajstić information content (AvgIpc) is 2.07. The molecule has 1 aliphatic heterocycles. The summed E-state index contributed by atoms with van der Waals surface area (Å²) in [5.74, 6) is -0.159. The van der Waals surface area contributed by atoms with Crippen LogP contribution in [0.25, 0.3) is 0 Å². The van der Waals surface area contributed by atoms with Gasteiger partial charge >= 0.3 is 0 Å². The molecule has 1 aliphatic rings. The summed E-state index contributed by atoms with van der Waals surface area (Å²) in [5, 5.41) is 0. The van der Waals surface area contributed by atoms with Crippen molar-refractivity contribution in [3.63, 3.8) is 0 Å². The highest BCUT2D eigenvalue weighted by atomic mass is 16.2. The zero-order valence-electron chi connectivity index (χ0n) is 8.17. The molecule has 0 saturated carbocycles. The molecule has 13 heavy (non-hydrogen) atoms. The van der Waals surface area contributed by atoms with Crippen LogP contribution in [-0.4, -0.2) is 23.3 Å². The second-order valence-corrected chi connectivity index (χ2v) is 3.98. The van der Waals surface area contributed by atoms with E-state index in [0.29, 0.717) is 19.4 Å². The van der Waals surface area contributed by atoms with Gasteiger partial charge in [0.1, 0.15) is 0 Å². The van der Waals surface area contributed by atoms with Crippen LogP contribution in [0.15, 0.2) is 12.7 Å². The zero-order chi connectivity index (χ0) is 10.1. The summed E-state index contributed by atoms with van der Waals surface area (Å²) in [6.45, 7) is 7.61. The fraction of sp³-hybridized carbons (Fsp3) is 0.600. The van der Waals surface area contributed by atoms with Crippen LogP contribution in [0.4, 0.5) is 0 Å². The fourth-order valence-electron chi connectivity index (χ4n) is 1.45. The highest BCUT2D eigenvalue weighted by molar-refractivity contribution is 6.00. The Labute approximate surface area is 78.4 Å². The maximum absolute atomic E-state index is 11.7. The summed E-state index contributed by atoms with van der Waals surface area (Å²) in [4.78, 5) is 24.3. The number of amides is 2. The van der Waals surface area contributed by atoms with Gasteiger partial charge in [0.2, 0.25) is 11.8 Å². The molecule has 1 saturated heterocycles. The second-order valence-electron chi connectivity index (χ2n) is 3.98. The lowest BCUT2D eigenvalue weighted by molar-refractivity contribution is -0.155. The molecule has 0 aromatic heterocycles. The van der Waals surface area contributed by atoms with Crippen LogP contribution in [0.2, 0.25) is 0 Å². The van der Waals surface area contributed by atoms with E-state index in [4.69, 9.17) is 0 Å². The molecule has 0 N–H and O–H groups in total. The first-order chi connectivity index (χ1) is 5.99. The Hall–Kier alpha value is -1.12. The van der Waals surface area contributed by atoms with E-state index in [2.05, 4.69) is 6.58 Å². The van der Waals surface area contributed by atoms with Gasteiger partial charge in [-0.1, -0.05) is 19.9 Å². The summed E-state index contributed by atoms with van der Waals surface area (Å²) in [6.07, 6.45) is 2.70. The minimum Gasteiger partial charge on any atom is -0.278 e. The quantitative estimate of drug-likeness (QED) is 0.476. The summed E-state index contributed by atoms with van der Waals surface area (Å²) >= 11 is 0. The molecule has 2 amide bonds. The van der Waals surface area contributed by atoms with E-state index < -0.39 is 5.41 Å². The molecule has 0 aromatic carbocycles. The number of piperidine rings is 1. The molecular formula is C10H15NO2. The summed E-state index contributed by atoms with van der Waals surface area (Å²) in [5.41, 5.74) is -0.392. The summed E-state index contributed by atoms with van der Waals surface area (Å²) < 4.78 is 0. The van der Waals surface area contributed by atoms with Gasteiger partial charge in [0.15, 0.2) is 0 Å². The van der Waals surface area contributed by atoms with Gasteiger partial charge < -0.3 is 0 Å². The molecule has 1 rings (SSSR count). The Balaban J connectivity index is 2.84. The van der Waals surface area contributed by atoms with Gasteiger partial charge in [-0.05, 0) is 6.42 Å². The van der Waals surface area contributed by atoms with E-state index in [-0.39, 0.29) is 11.8 Å². The van der Waals surface area contributed by atoms with Crippen LogP contribution >= 0.6 is 0 Å². The number of nitrogens with zero attached hydrogens (tertiary/aromatic N) is 1. The predicted molar refractivity (Wildman–Crippen MR) is 49.9 cm³/mol. The van der Waals surface area contributed by atoms with Crippen LogP contribution in [0, 0.1) is 5.41 Å². The van der Waals surface area contributed by atoms with E-state index in [1.54, 1.807) is 6.08 Å². The Morgan fingerprint density at radius 2 is 2.15 bits per heavy atom. The third-order valence-corrected chi connectivity index (χ3v) is 2.40. The maximum atomic E-state index is 11.7. The number of carbonyl (C=O) groups is 2. The number of hydrogen-bond acceptors (Lipinski definition) is 2. The molecule has 3 nitrogen and oxygen atoms in total. The first-order valence-corrected chi connectivity index (χ1v) is 4.45. The Morgan fingerprint density at radius 1 is 1.54 bits per heavy atom. The molecule has 0 bridgehead atoms. The van der Waals surface area contributed by atoms with Crippen molar-refractivity contribution in [3.8, 4) is 0 Å². The van der Waals surface area contributed by atoms with Crippen molar-refractivity contribution in [1.82, 2.24) is 4.90 Å². The number of hydrogen-bond donors (Lipinski definition) is 0. The number of carbonyl (C=O) groups excluding carboxylic acids is 2. The van der Waals surface area contributed by atoms with E-state index in [1.165, 1.54) is 4.90 Å². The molecule has 0 atom stereocenters. The Morgan fingerprint density at radius 3 is 2.69 bits per heavy atom. The number of likely N-dealkylation sites (tertiary alicyclic amines) is 1. The molecule has 0 spiro atoms. The molecule has 0 aromatic rings. The normalized spacial score (nSPS) is 21.8. The topological polar surface area (TPSA) is 37.4 Å². The fourth-order valence-corrected chi connectivity index (χ4v) is 1.45. The van der Waals surface area contributed by atoms with Crippen molar-refractivity contribution in [2.45, 2.75) is 26.7 Å². The van der Waals surface area contributed by atoms with Gasteiger partial charge in [-0.25, -0.2) is 0 Å². The van der Waals surface area contributed by atoms with Crippen molar-refractivity contribution < 1.29 is 9.59 Å². The molecule has 1 heterocycles. The van der Waals surface area contributed by atoms with Gasteiger partial charge in [-0.2, -0.15) is 0 Å². The monoisotopic (exact) mass is 181 g/mol. The molecule has 0 radical (unpaired) electrons. The molecule has 1 fully saturated rings. The second kappa shape index (κ2) is 3.32. The molecule has 0 unspecified atom stereocenters. The van der Waals surface area contributed by atoms with E-state index in [0.717, 1.165) is 0 Å². The van der Waals surface area contributed by atoms with Gasteiger partial charge in [0.05, 0.1) is 0 Å². The van der Waals surface area contributed by atoms with Gasteiger partial charge in [-0.15, -0.1) is 6.58 Å². The summed E-state index contributed by atoms with van der Waals surface area (Å²) in [6, 6.07) is 0. The third-order valence-electron chi connectivity index (χ3n) is 2.40. The first-order valence-electron chi connectivity index (χ1n) is 4.45. The zero-order valence-corrected chi connectivity index (χ0v) is 8.17. The average molecular weight is 181 g/mol. The molecular weight excluding hydrogens is 166 g/mol. The van der Waals surface area contributed by atoms with E-state index >= 15 is 0 Å². The van der Waals surface area contributed by atoms with E-state index in [1.807, 2.05) is 13.8 Å². The summed E-state index contributed by atoms with van der Waals surface area (Å²) in [7, 11) is 0. The largest absolute Gasteiger partial charge is 0.278 e.